The van der Waals surface area contributed by atoms with Crippen LogP contribution in [0, 0.1) is 0 Å². The van der Waals surface area contributed by atoms with Crippen molar-refractivity contribution in [3.05, 3.63) is 48.6 Å². The fourth-order valence-electron chi connectivity index (χ4n) is 0.910. The minimum Gasteiger partial charge on any atom is -0.478 e. The highest BCUT2D eigenvalue weighted by Gasteiger charge is 2.07. The first-order valence-electron chi connectivity index (χ1n) is 4.69. The predicted octanol–water partition coefficient (Wildman–Crippen LogP) is 2.74. The van der Waals surface area contributed by atoms with Gasteiger partial charge >= 0.3 is 5.97 Å². The second kappa shape index (κ2) is 7.91. The lowest BCUT2D eigenvalue weighted by Crippen LogP contribution is -2.14. The number of alkyl halides is 1. The highest BCUT2D eigenvalue weighted by molar-refractivity contribution is 6.20. The average Bonchev–Trinajstić information content (AvgIpc) is 2.29. The highest BCUT2D eigenvalue weighted by atomic mass is 35.5. The van der Waals surface area contributed by atoms with Crippen LogP contribution >= 0.6 is 11.6 Å². The van der Waals surface area contributed by atoms with Crippen LogP contribution in [-0.4, -0.2) is 30.1 Å². The zero-order valence-corrected chi connectivity index (χ0v) is 10.2. The van der Waals surface area contributed by atoms with Gasteiger partial charge in [0.25, 0.3) is 0 Å². The molecule has 1 atom stereocenters. The minimum absolute atomic E-state index is 0.0174. The number of carboxylic acids is 1. The topological polar surface area (TPSA) is 40.5 Å². The number of hydrogen-bond donors (Lipinski definition) is 1. The van der Waals surface area contributed by atoms with Gasteiger partial charge in [-0.3, -0.25) is 4.90 Å². The molecule has 0 bridgehead atoms. The van der Waals surface area contributed by atoms with E-state index >= 15 is 0 Å². The number of hydrogen-bond acceptors (Lipinski definition) is 2. The number of halogens is 1. The molecule has 0 aromatic heterocycles. The Bertz CT molecular complexity index is 325. The lowest BCUT2D eigenvalue weighted by molar-refractivity contribution is -0.131. The van der Waals surface area contributed by atoms with Gasteiger partial charge in [-0.1, -0.05) is 36.9 Å². The number of carbonyl (C=O) groups is 1. The Morgan fingerprint density at radius 2 is 1.88 bits per heavy atom. The van der Waals surface area contributed by atoms with Gasteiger partial charge in [0, 0.05) is 6.08 Å². The van der Waals surface area contributed by atoms with Crippen LogP contribution in [-0.2, 0) is 4.79 Å². The van der Waals surface area contributed by atoms with Crippen LogP contribution in [0.4, 0.5) is 0 Å². The number of benzene rings is 1. The Labute approximate surface area is 101 Å². The average molecular weight is 242 g/mol. The third kappa shape index (κ3) is 6.22. The lowest BCUT2D eigenvalue weighted by atomic mass is 10.2. The molecule has 88 valence electrons. The van der Waals surface area contributed by atoms with Crippen molar-refractivity contribution < 1.29 is 9.90 Å². The van der Waals surface area contributed by atoms with Gasteiger partial charge in [-0.05, 0) is 19.7 Å². The molecule has 0 aliphatic heterocycles. The maximum Gasteiger partial charge on any atom is 0.327 e. The van der Waals surface area contributed by atoms with E-state index in [1.54, 1.807) is 0 Å². The van der Waals surface area contributed by atoms with Crippen molar-refractivity contribution in [2.75, 3.05) is 14.1 Å². The SMILES string of the molecule is C=CC(=O)O.CN(C)C(Cl)c1ccccc1. The standard InChI is InChI=1S/C9H12ClN.C3H4O2/c1-11(2)9(10)8-6-4-3-5-7-8;1-2-3(4)5/h3-7,9H,1-2H3;2H,1H2,(H,4,5). The third-order valence-corrected chi connectivity index (χ3v) is 2.34. The Morgan fingerprint density at radius 3 is 2.19 bits per heavy atom. The van der Waals surface area contributed by atoms with Gasteiger partial charge in [0.1, 0.15) is 5.50 Å². The van der Waals surface area contributed by atoms with Gasteiger partial charge in [0.15, 0.2) is 0 Å². The molecule has 0 aliphatic rings. The highest BCUT2D eigenvalue weighted by Crippen LogP contribution is 2.21. The summed E-state index contributed by atoms with van der Waals surface area (Å²) in [5.41, 5.74) is 1.12. The van der Waals surface area contributed by atoms with Crippen molar-refractivity contribution in [2.24, 2.45) is 0 Å². The van der Waals surface area contributed by atoms with E-state index in [-0.39, 0.29) is 5.50 Å². The summed E-state index contributed by atoms with van der Waals surface area (Å²) in [7, 11) is 3.93. The van der Waals surface area contributed by atoms with Crippen molar-refractivity contribution in [3.63, 3.8) is 0 Å². The Morgan fingerprint density at radius 1 is 1.44 bits per heavy atom. The molecule has 0 heterocycles. The first-order chi connectivity index (χ1) is 7.49. The van der Waals surface area contributed by atoms with E-state index in [9.17, 15) is 4.79 Å². The number of rotatable bonds is 3. The van der Waals surface area contributed by atoms with Crippen molar-refractivity contribution in [2.45, 2.75) is 5.50 Å². The molecule has 0 amide bonds. The van der Waals surface area contributed by atoms with Gasteiger partial charge < -0.3 is 5.11 Å². The summed E-state index contributed by atoms with van der Waals surface area (Å²) in [5.74, 6) is -0.981. The van der Waals surface area contributed by atoms with E-state index in [4.69, 9.17) is 16.7 Å². The summed E-state index contributed by atoms with van der Waals surface area (Å²) >= 11 is 6.07. The molecule has 3 nitrogen and oxygen atoms in total. The molecule has 1 N–H and O–H groups in total. The monoisotopic (exact) mass is 241 g/mol. The van der Waals surface area contributed by atoms with Gasteiger partial charge in [-0.2, -0.15) is 0 Å². The molecule has 1 unspecified atom stereocenters. The van der Waals surface area contributed by atoms with Gasteiger partial charge in [0.2, 0.25) is 0 Å². The molecule has 1 aromatic carbocycles. The Hall–Kier alpha value is -1.32. The summed E-state index contributed by atoms with van der Waals surface area (Å²) < 4.78 is 0. The first-order valence-corrected chi connectivity index (χ1v) is 5.13. The molecule has 4 heteroatoms. The van der Waals surface area contributed by atoms with E-state index in [0.717, 1.165) is 11.6 Å². The zero-order chi connectivity index (χ0) is 12.6. The largest absolute Gasteiger partial charge is 0.478 e. The van der Waals surface area contributed by atoms with E-state index in [0.29, 0.717) is 0 Å². The van der Waals surface area contributed by atoms with Crippen LogP contribution in [0.15, 0.2) is 43.0 Å². The molecule has 0 aliphatic carbocycles. The zero-order valence-electron chi connectivity index (χ0n) is 9.43. The van der Waals surface area contributed by atoms with Crippen molar-refractivity contribution >= 4 is 17.6 Å². The fourth-order valence-corrected chi connectivity index (χ4v) is 1.06. The summed E-state index contributed by atoms with van der Waals surface area (Å²) in [4.78, 5) is 11.2. The van der Waals surface area contributed by atoms with Crippen LogP contribution in [0.5, 0.6) is 0 Å². The number of carboxylic acid groups (broad SMARTS) is 1. The third-order valence-electron chi connectivity index (χ3n) is 1.70. The maximum atomic E-state index is 9.25. The van der Waals surface area contributed by atoms with Crippen LogP contribution in [0.25, 0.3) is 0 Å². The molecular weight excluding hydrogens is 226 g/mol. The predicted molar refractivity (Wildman–Crippen MR) is 66.6 cm³/mol. The van der Waals surface area contributed by atoms with Crippen LogP contribution in [0.1, 0.15) is 11.1 Å². The molecule has 0 saturated carbocycles. The molecule has 0 radical (unpaired) electrons. The quantitative estimate of drug-likeness (QED) is 0.503. The van der Waals surface area contributed by atoms with Crippen LogP contribution in [0.2, 0.25) is 0 Å². The summed E-state index contributed by atoms with van der Waals surface area (Å²) in [6, 6.07) is 10.0. The maximum absolute atomic E-state index is 9.25. The van der Waals surface area contributed by atoms with Crippen LogP contribution in [0.3, 0.4) is 0 Å². The number of nitrogens with zero attached hydrogens (tertiary/aromatic N) is 1. The lowest BCUT2D eigenvalue weighted by Gasteiger charge is -2.17. The summed E-state index contributed by atoms with van der Waals surface area (Å²) in [5, 5.41) is 7.60. The number of aliphatic carboxylic acids is 1. The molecule has 1 aromatic rings. The Balaban J connectivity index is 0.000000385. The van der Waals surface area contributed by atoms with Gasteiger partial charge in [-0.15, -0.1) is 11.6 Å². The van der Waals surface area contributed by atoms with Crippen molar-refractivity contribution in [1.29, 1.82) is 0 Å². The fraction of sp³-hybridized carbons (Fsp3) is 0.250. The van der Waals surface area contributed by atoms with E-state index in [2.05, 4.69) is 6.58 Å². The van der Waals surface area contributed by atoms with Crippen LogP contribution < -0.4 is 0 Å². The summed E-state index contributed by atoms with van der Waals surface area (Å²) in [6.45, 7) is 2.96. The van der Waals surface area contributed by atoms with Crippen molar-refractivity contribution in [1.82, 2.24) is 4.90 Å². The molecular formula is C12H16ClNO2. The minimum atomic E-state index is -0.981. The van der Waals surface area contributed by atoms with E-state index in [1.165, 1.54) is 0 Å². The molecule has 0 spiro atoms. The summed E-state index contributed by atoms with van der Waals surface area (Å²) in [6.07, 6.45) is 0.833. The molecule has 0 saturated heterocycles. The van der Waals surface area contributed by atoms with E-state index < -0.39 is 5.97 Å². The molecule has 1 rings (SSSR count). The van der Waals surface area contributed by atoms with Gasteiger partial charge in [-0.25, -0.2) is 4.79 Å². The second-order valence-corrected chi connectivity index (χ2v) is 3.67. The van der Waals surface area contributed by atoms with Gasteiger partial charge in [0.05, 0.1) is 0 Å². The Kier molecular flexibility index (Phi) is 7.25. The smallest absolute Gasteiger partial charge is 0.327 e. The molecule has 16 heavy (non-hydrogen) atoms. The normalized spacial score (nSPS) is 11.2. The van der Waals surface area contributed by atoms with Crippen molar-refractivity contribution in [3.8, 4) is 0 Å². The second-order valence-electron chi connectivity index (χ2n) is 3.25. The van der Waals surface area contributed by atoms with E-state index in [1.807, 2.05) is 49.3 Å². The first kappa shape index (κ1) is 14.7. The molecule has 0 fully saturated rings.